The lowest BCUT2D eigenvalue weighted by Crippen LogP contribution is -2.33. The number of hydrogen-bond acceptors (Lipinski definition) is 1. The number of rotatable bonds is 1. The maximum Gasteiger partial charge on any atom is 0.0140 e. The molecule has 0 amide bonds. The Labute approximate surface area is 57.0 Å². The Morgan fingerprint density at radius 2 is 2.44 bits per heavy atom. The van der Waals surface area contributed by atoms with Crippen LogP contribution in [0.2, 0.25) is 0 Å². The van der Waals surface area contributed by atoms with E-state index in [1.165, 1.54) is 19.4 Å². The minimum absolute atomic E-state index is 0.615. The molecule has 1 unspecified atom stereocenters. The molecule has 9 heavy (non-hydrogen) atoms. The zero-order valence-electron chi connectivity index (χ0n) is 6.06. The Balaban J connectivity index is 2.23. The highest BCUT2D eigenvalue weighted by molar-refractivity contribution is 4.70. The zero-order chi connectivity index (χ0) is 6.69. The third-order valence-corrected chi connectivity index (χ3v) is 2.01. The Morgan fingerprint density at radius 1 is 1.67 bits per heavy atom. The van der Waals surface area contributed by atoms with Crippen LogP contribution in [0.15, 0.2) is 0 Å². The van der Waals surface area contributed by atoms with E-state index in [-0.39, 0.29) is 0 Å². The molecule has 1 rings (SSSR count). The van der Waals surface area contributed by atoms with Gasteiger partial charge in [0.2, 0.25) is 0 Å². The standard InChI is InChI=1S/C7H15N2/c1-9-4-2-3-7(5-8)6-9/h7-8H,2-6H2,1H3. The zero-order valence-corrected chi connectivity index (χ0v) is 6.06. The molecule has 53 valence electrons. The predicted octanol–water partition coefficient (Wildman–Crippen LogP) is 0.611. The van der Waals surface area contributed by atoms with Gasteiger partial charge in [-0.15, -0.1) is 0 Å². The van der Waals surface area contributed by atoms with Gasteiger partial charge in [-0.05, 0) is 32.4 Å². The second-order valence-electron chi connectivity index (χ2n) is 2.97. The number of hydrogen-bond donors (Lipinski definition) is 0. The Hall–Kier alpha value is -0.0800. The molecule has 1 heterocycles. The van der Waals surface area contributed by atoms with Gasteiger partial charge in [-0.3, -0.25) is 5.73 Å². The molecule has 1 radical (unpaired) electrons. The van der Waals surface area contributed by atoms with Crippen LogP contribution < -0.4 is 5.73 Å². The van der Waals surface area contributed by atoms with Crippen LogP contribution in [0, 0.1) is 5.92 Å². The van der Waals surface area contributed by atoms with Crippen LogP contribution >= 0.6 is 0 Å². The van der Waals surface area contributed by atoms with Crippen molar-refractivity contribution in [3.8, 4) is 0 Å². The largest absolute Gasteiger partial charge is 0.306 e. The van der Waals surface area contributed by atoms with Crippen LogP contribution in [0.25, 0.3) is 0 Å². The lowest BCUT2D eigenvalue weighted by molar-refractivity contribution is 0.213. The molecular formula is C7H15N2. The summed E-state index contributed by atoms with van der Waals surface area (Å²) in [5.41, 5.74) is 7.16. The van der Waals surface area contributed by atoms with Crippen LogP contribution in [-0.4, -0.2) is 31.6 Å². The predicted molar refractivity (Wildman–Crippen MR) is 38.2 cm³/mol. The molecule has 1 N–H and O–H groups in total. The average molecular weight is 127 g/mol. The monoisotopic (exact) mass is 127 g/mol. The molecule has 2 heteroatoms. The Bertz CT molecular complexity index is 83.0. The van der Waals surface area contributed by atoms with Crippen molar-refractivity contribution in [3.63, 3.8) is 0 Å². The Kier molecular flexibility index (Phi) is 2.49. The van der Waals surface area contributed by atoms with Crippen LogP contribution in [0.4, 0.5) is 0 Å². The normalized spacial score (nSPS) is 30.7. The summed E-state index contributed by atoms with van der Waals surface area (Å²) in [4.78, 5) is 2.32. The number of likely N-dealkylation sites (tertiary alicyclic amines) is 1. The average Bonchev–Trinajstić information content (AvgIpc) is 1.88. The summed E-state index contributed by atoms with van der Waals surface area (Å²) in [6.07, 6.45) is 2.56. The van der Waals surface area contributed by atoms with Gasteiger partial charge in [0, 0.05) is 13.1 Å². The molecule has 1 saturated heterocycles. The van der Waals surface area contributed by atoms with Crippen LogP contribution in [0.3, 0.4) is 0 Å². The molecule has 0 aromatic heterocycles. The van der Waals surface area contributed by atoms with Crippen molar-refractivity contribution in [3.05, 3.63) is 0 Å². The van der Waals surface area contributed by atoms with E-state index in [9.17, 15) is 0 Å². The smallest absolute Gasteiger partial charge is 0.0140 e. The topological polar surface area (TPSA) is 27.0 Å². The van der Waals surface area contributed by atoms with E-state index in [1.807, 2.05) is 0 Å². The van der Waals surface area contributed by atoms with Gasteiger partial charge in [0.25, 0.3) is 0 Å². The fourth-order valence-electron chi connectivity index (χ4n) is 1.44. The van der Waals surface area contributed by atoms with Crippen molar-refractivity contribution in [1.29, 1.82) is 0 Å². The first kappa shape index (κ1) is 7.03. The first-order chi connectivity index (χ1) is 4.33. The van der Waals surface area contributed by atoms with E-state index in [0.29, 0.717) is 12.5 Å². The second-order valence-corrected chi connectivity index (χ2v) is 2.97. The van der Waals surface area contributed by atoms with Gasteiger partial charge in [-0.2, -0.15) is 0 Å². The summed E-state index contributed by atoms with van der Waals surface area (Å²) in [6.45, 7) is 2.99. The second kappa shape index (κ2) is 3.18. The number of nitrogens with zero attached hydrogens (tertiary/aromatic N) is 1. The SMILES string of the molecule is CN1CCCC(C[NH])C1. The molecule has 1 fully saturated rings. The van der Waals surface area contributed by atoms with Crippen molar-refractivity contribution in [2.24, 2.45) is 5.92 Å². The van der Waals surface area contributed by atoms with Crippen molar-refractivity contribution >= 4 is 0 Å². The summed E-state index contributed by atoms with van der Waals surface area (Å²) in [7, 11) is 2.14. The van der Waals surface area contributed by atoms with Crippen molar-refractivity contribution in [2.75, 3.05) is 26.7 Å². The lowest BCUT2D eigenvalue weighted by Gasteiger charge is -2.28. The van der Waals surface area contributed by atoms with Crippen molar-refractivity contribution < 1.29 is 0 Å². The summed E-state index contributed by atoms with van der Waals surface area (Å²) < 4.78 is 0. The molecule has 0 aromatic carbocycles. The van der Waals surface area contributed by atoms with Crippen LogP contribution in [-0.2, 0) is 0 Å². The molecule has 1 aliphatic heterocycles. The fourth-order valence-corrected chi connectivity index (χ4v) is 1.44. The third kappa shape index (κ3) is 1.95. The van der Waals surface area contributed by atoms with Gasteiger partial charge in [0.15, 0.2) is 0 Å². The summed E-state index contributed by atoms with van der Waals surface area (Å²) in [6, 6.07) is 0. The molecule has 0 bridgehead atoms. The molecular weight excluding hydrogens is 112 g/mol. The van der Waals surface area contributed by atoms with E-state index in [4.69, 9.17) is 5.73 Å². The molecule has 1 aliphatic rings. The first-order valence-corrected chi connectivity index (χ1v) is 3.66. The molecule has 0 saturated carbocycles. The highest BCUT2D eigenvalue weighted by Gasteiger charge is 2.14. The summed E-state index contributed by atoms with van der Waals surface area (Å²) in [5.74, 6) is 0.656. The van der Waals surface area contributed by atoms with Crippen molar-refractivity contribution in [2.45, 2.75) is 12.8 Å². The van der Waals surface area contributed by atoms with Gasteiger partial charge < -0.3 is 4.90 Å². The Morgan fingerprint density at radius 3 is 2.89 bits per heavy atom. The molecule has 1 atom stereocenters. The van der Waals surface area contributed by atoms with Crippen LogP contribution in [0.5, 0.6) is 0 Å². The lowest BCUT2D eigenvalue weighted by atomic mass is 9.99. The molecule has 0 spiro atoms. The van der Waals surface area contributed by atoms with E-state index < -0.39 is 0 Å². The summed E-state index contributed by atoms with van der Waals surface area (Å²) >= 11 is 0. The van der Waals surface area contributed by atoms with Crippen LogP contribution in [0.1, 0.15) is 12.8 Å². The number of piperidine rings is 1. The highest BCUT2D eigenvalue weighted by Crippen LogP contribution is 2.12. The third-order valence-electron chi connectivity index (χ3n) is 2.01. The maximum atomic E-state index is 7.16. The highest BCUT2D eigenvalue weighted by atomic mass is 15.1. The molecule has 0 aromatic rings. The summed E-state index contributed by atoms with van der Waals surface area (Å²) in [5, 5.41) is 0. The van der Waals surface area contributed by atoms with E-state index in [2.05, 4.69) is 11.9 Å². The molecule has 2 nitrogen and oxygen atoms in total. The van der Waals surface area contributed by atoms with E-state index >= 15 is 0 Å². The van der Waals surface area contributed by atoms with Crippen molar-refractivity contribution in [1.82, 2.24) is 10.6 Å². The minimum atomic E-state index is 0.615. The minimum Gasteiger partial charge on any atom is -0.306 e. The fraction of sp³-hybridized carbons (Fsp3) is 1.00. The van der Waals surface area contributed by atoms with Gasteiger partial charge in [-0.1, -0.05) is 0 Å². The molecule has 0 aliphatic carbocycles. The van der Waals surface area contributed by atoms with E-state index in [0.717, 1.165) is 6.54 Å². The quantitative estimate of drug-likeness (QED) is 0.507. The van der Waals surface area contributed by atoms with Gasteiger partial charge in [0.1, 0.15) is 0 Å². The first-order valence-electron chi connectivity index (χ1n) is 3.66. The van der Waals surface area contributed by atoms with E-state index in [1.54, 1.807) is 0 Å². The maximum absolute atomic E-state index is 7.16. The van der Waals surface area contributed by atoms with Gasteiger partial charge in [0.05, 0.1) is 0 Å². The van der Waals surface area contributed by atoms with Gasteiger partial charge >= 0.3 is 0 Å². The number of nitrogens with one attached hydrogen (secondary N) is 1. The van der Waals surface area contributed by atoms with Gasteiger partial charge in [-0.25, -0.2) is 0 Å².